The van der Waals surface area contributed by atoms with Crippen LogP contribution in [0.3, 0.4) is 0 Å². The summed E-state index contributed by atoms with van der Waals surface area (Å²) >= 11 is 0. The number of carbonyl (C=O) groups excluding carboxylic acids is 1. The minimum Gasteiger partial charge on any atom is -0.328 e. The number of rotatable bonds is 8. The summed E-state index contributed by atoms with van der Waals surface area (Å²) < 4.78 is 18.8. The Morgan fingerprint density at radius 1 is 1.07 bits per heavy atom. The monoisotopic (exact) mass is 565 g/mol. The van der Waals surface area contributed by atoms with Crippen molar-refractivity contribution < 1.29 is 9.18 Å². The van der Waals surface area contributed by atoms with Crippen molar-refractivity contribution in [3.8, 4) is 11.1 Å². The van der Waals surface area contributed by atoms with Gasteiger partial charge >= 0.3 is 0 Å². The second kappa shape index (κ2) is 10.9. The molecule has 4 heterocycles. The number of carbonyl (C=O) groups is 1. The van der Waals surface area contributed by atoms with Gasteiger partial charge < -0.3 is 10.2 Å². The Bertz CT molecular complexity index is 1630. The Balaban J connectivity index is 1.38. The van der Waals surface area contributed by atoms with Gasteiger partial charge in [0, 0.05) is 64.8 Å². The fourth-order valence-corrected chi connectivity index (χ4v) is 7.20. The van der Waals surface area contributed by atoms with Crippen molar-refractivity contribution >= 4 is 11.7 Å². The van der Waals surface area contributed by atoms with Crippen LogP contribution >= 0.6 is 0 Å². The zero-order valence-electron chi connectivity index (χ0n) is 25.0. The van der Waals surface area contributed by atoms with Crippen molar-refractivity contribution in [2.45, 2.75) is 84.8 Å². The molecule has 7 heteroatoms. The molecule has 2 aromatic heterocycles. The Kier molecular flexibility index (Phi) is 7.09. The van der Waals surface area contributed by atoms with Crippen LogP contribution in [0.5, 0.6) is 0 Å². The molecule has 218 valence electrons. The van der Waals surface area contributed by atoms with Gasteiger partial charge in [-0.3, -0.25) is 14.5 Å². The van der Waals surface area contributed by atoms with Gasteiger partial charge in [0.15, 0.2) is 0 Å². The summed E-state index contributed by atoms with van der Waals surface area (Å²) in [6.07, 6.45) is 10.0. The zero-order valence-corrected chi connectivity index (χ0v) is 25.0. The molecule has 2 aliphatic carbocycles. The molecule has 1 atom stereocenters. The highest BCUT2D eigenvalue weighted by Gasteiger charge is 2.40. The molecule has 2 aliphatic heterocycles. The van der Waals surface area contributed by atoms with Crippen LogP contribution in [0.1, 0.15) is 96.5 Å². The summed E-state index contributed by atoms with van der Waals surface area (Å²) in [5, 5.41) is 7.92. The molecule has 3 aromatic rings. The van der Waals surface area contributed by atoms with Crippen molar-refractivity contribution in [1.82, 2.24) is 25.0 Å². The first-order chi connectivity index (χ1) is 20.5. The molecule has 0 radical (unpaired) electrons. The lowest BCUT2D eigenvalue weighted by Gasteiger charge is -2.25. The maximum absolute atomic E-state index is 16.8. The highest BCUT2D eigenvalue weighted by molar-refractivity contribution is 5.99. The average molecular weight is 566 g/mol. The predicted molar refractivity (Wildman–Crippen MR) is 164 cm³/mol. The zero-order chi connectivity index (χ0) is 29.0. The van der Waals surface area contributed by atoms with E-state index < -0.39 is 0 Å². The van der Waals surface area contributed by atoms with Crippen molar-refractivity contribution in [1.29, 1.82) is 0 Å². The van der Waals surface area contributed by atoms with Gasteiger partial charge in [-0.15, -0.1) is 0 Å². The number of aromatic nitrogens is 3. The Hall–Kier alpha value is -3.58. The van der Waals surface area contributed by atoms with Crippen molar-refractivity contribution in [2.75, 3.05) is 13.1 Å². The number of nitrogens with zero attached hydrogens (tertiary/aromatic N) is 4. The number of halogens is 1. The lowest BCUT2D eigenvalue weighted by molar-refractivity contribution is 0.0748. The summed E-state index contributed by atoms with van der Waals surface area (Å²) in [4.78, 5) is 21.0. The second-order valence-electron chi connectivity index (χ2n) is 12.2. The topological polar surface area (TPSA) is 63.1 Å². The first-order valence-electron chi connectivity index (χ1n) is 15.8. The van der Waals surface area contributed by atoms with Crippen LogP contribution < -0.4 is 5.32 Å². The summed E-state index contributed by atoms with van der Waals surface area (Å²) in [5.74, 6) is 0.402. The minimum atomic E-state index is -0.149. The molecular weight excluding hydrogens is 525 g/mol. The van der Waals surface area contributed by atoms with E-state index in [0.29, 0.717) is 36.7 Å². The quantitative estimate of drug-likeness (QED) is 0.329. The SMILES string of the molecule is CCc1ccc(-c2cc(C(=O)N3Cc4cnn(CC)c4C3)cc3c2C(CC2CC2)C(C2=CCCNC2)=C3F)c(CC)n1. The predicted octanol–water partition coefficient (Wildman–Crippen LogP) is 6.74. The Labute approximate surface area is 247 Å². The van der Waals surface area contributed by atoms with Crippen LogP contribution in [-0.4, -0.2) is 38.7 Å². The number of hydrogen-bond acceptors (Lipinski definition) is 4. The Morgan fingerprint density at radius 3 is 2.62 bits per heavy atom. The first-order valence-corrected chi connectivity index (χ1v) is 15.8. The highest BCUT2D eigenvalue weighted by Crippen LogP contribution is 2.55. The molecule has 0 saturated heterocycles. The molecule has 1 fully saturated rings. The molecule has 1 saturated carbocycles. The van der Waals surface area contributed by atoms with E-state index in [1.807, 2.05) is 27.9 Å². The number of hydrogen-bond donors (Lipinski definition) is 1. The number of fused-ring (bicyclic) bond motifs is 2. The van der Waals surface area contributed by atoms with Crippen molar-refractivity contribution in [3.05, 3.63) is 87.0 Å². The highest BCUT2D eigenvalue weighted by atomic mass is 19.1. The fraction of sp³-hybridized carbons (Fsp3) is 0.457. The lowest BCUT2D eigenvalue weighted by Crippen LogP contribution is -2.26. The van der Waals surface area contributed by atoms with Gasteiger partial charge in [-0.25, -0.2) is 4.39 Å². The largest absolute Gasteiger partial charge is 0.328 e. The summed E-state index contributed by atoms with van der Waals surface area (Å²) in [5.41, 5.74) is 10.3. The lowest BCUT2D eigenvalue weighted by atomic mass is 9.81. The molecule has 0 bridgehead atoms. The van der Waals surface area contributed by atoms with Crippen LogP contribution in [0.2, 0.25) is 0 Å². The number of aryl methyl sites for hydroxylation is 3. The van der Waals surface area contributed by atoms with Gasteiger partial charge in [-0.05, 0) is 80.0 Å². The molecule has 1 amide bonds. The summed E-state index contributed by atoms with van der Waals surface area (Å²) in [7, 11) is 0. The number of pyridine rings is 1. The first kappa shape index (κ1) is 27.3. The standard InChI is InChI=1S/C35H40FN5O/c1-4-25-11-12-26(30(5-2)39-25)27-15-23(35(42)40-19-24-18-38-41(6-3)31(24)20-40)16-29-33(27)28(14-21-9-10-21)32(34(29)36)22-8-7-13-37-17-22/h8,11-12,15-16,18,21,28,37H,4-7,9-10,13-14,17,19-20H2,1-3H3. The van der Waals surface area contributed by atoms with E-state index in [9.17, 15) is 4.79 Å². The molecule has 0 spiro atoms. The normalized spacial score (nSPS) is 19.8. The Morgan fingerprint density at radius 2 is 1.90 bits per heavy atom. The van der Waals surface area contributed by atoms with E-state index in [0.717, 1.165) is 89.3 Å². The van der Waals surface area contributed by atoms with Gasteiger partial charge in [0.05, 0.1) is 18.4 Å². The molecule has 6 nitrogen and oxygen atoms in total. The van der Waals surface area contributed by atoms with E-state index in [4.69, 9.17) is 4.98 Å². The van der Waals surface area contributed by atoms with Gasteiger partial charge in [-0.2, -0.15) is 5.10 Å². The second-order valence-corrected chi connectivity index (χ2v) is 12.2. The third-order valence-electron chi connectivity index (χ3n) is 9.58. The summed E-state index contributed by atoms with van der Waals surface area (Å²) in [6, 6.07) is 8.13. The third-order valence-corrected chi connectivity index (χ3v) is 9.58. The number of benzene rings is 1. The van der Waals surface area contributed by atoms with Crippen LogP contribution in [0, 0.1) is 5.92 Å². The van der Waals surface area contributed by atoms with Crippen molar-refractivity contribution in [2.24, 2.45) is 5.92 Å². The molecule has 7 rings (SSSR count). The van der Waals surface area contributed by atoms with Crippen LogP contribution in [0.4, 0.5) is 4.39 Å². The van der Waals surface area contributed by atoms with Crippen LogP contribution in [-0.2, 0) is 32.5 Å². The van der Waals surface area contributed by atoms with E-state index in [-0.39, 0.29) is 17.7 Å². The fourth-order valence-electron chi connectivity index (χ4n) is 7.20. The van der Waals surface area contributed by atoms with Crippen molar-refractivity contribution in [3.63, 3.8) is 0 Å². The minimum absolute atomic E-state index is 0.0139. The average Bonchev–Trinajstić information content (AvgIpc) is 3.51. The molecule has 42 heavy (non-hydrogen) atoms. The molecular formula is C35H40FN5O. The van der Waals surface area contributed by atoms with Crippen LogP contribution in [0.25, 0.3) is 17.0 Å². The van der Waals surface area contributed by atoms with Gasteiger partial charge in [0.25, 0.3) is 5.91 Å². The van der Waals surface area contributed by atoms with Gasteiger partial charge in [0.1, 0.15) is 5.83 Å². The maximum atomic E-state index is 16.8. The van der Waals surface area contributed by atoms with E-state index in [1.54, 1.807) is 0 Å². The molecule has 1 aromatic carbocycles. The molecule has 4 aliphatic rings. The van der Waals surface area contributed by atoms with E-state index >= 15 is 4.39 Å². The van der Waals surface area contributed by atoms with E-state index in [1.165, 1.54) is 12.8 Å². The number of nitrogens with one attached hydrogen (secondary N) is 1. The van der Waals surface area contributed by atoms with Crippen LogP contribution in [0.15, 0.2) is 47.7 Å². The van der Waals surface area contributed by atoms with Gasteiger partial charge in [0.2, 0.25) is 0 Å². The smallest absolute Gasteiger partial charge is 0.254 e. The molecule has 1 N–H and O–H groups in total. The third kappa shape index (κ3) is 4.62. The molecule has 1 unspecified atom stereocenters. The van der Waals surface area contributed by atoms with E-state index in [2.05, 4.69) is 49.4 Å². The summed E-state index contributed by atoms with van der Waals surface area (Å²) in [6.45, 7) is 9.74. The number of amides is 1. The van der Waals surface area contributed by atoms with Gasteiger partial charge in [-0.1, -0.05) is 38.8 Å². The maximum Gasteiger partial charge on any atom is 0.254 e.